The zero-order valence-corrected chi connectivity index (χ0v) is 15.4. The van der Waals surface area contributed by atoms with E-state index >= 15 is 0 Å². The van der Waals surface area contributed by atoms with Gasteiger partial charge >= 0.3 is 0 Å². The maximum Gasteiger partial charge on any atom is 0.227 e. The predicted octanol–water partition coefficient (Wildman–Crippen LogP) is 1.12. The van der Waals surface area contributed by atoms with Crippen LogP contribution in [0.25, 0.3) is 0 Å². The lowest BCUT2D eigenvalue weighted by Gasteiger charge is -2.35. The Morgan fingerprint density at radius 1 is 1.28 bits per heavy atom. The molecule has 2 aliphatic heterocycles. The van der Waals surface area contributed by atoms with Gasteiger partial charge in [-0.2, -0.15) is 11.3 Å². The fourth-order valence-electron chi connectivity index (χ4n) is 3.47. The molecule has 0 spiro atoms. The third kappa shape index (κ3) is 5.52. The molecule has 0 aromatic carbocycles. The summed E-state index contributed by atoms with van der Waals surface area (Å²) in [5, 5.41) is 6.97. The molecule has 1 aromatic rings. The van der Waals surface area contributed by atoms with Crippen LogP contribution in [0.4, 0.5) is 0 Å². The van der Waals surface area contributed by atoms with Crippen molar-refractivity contribution < 1.29 is 14.3 Å². The summed E-state index contributed by atoms with van der Waals surface area (Å²) in [4.78, 5) is 29.0. The van der Waals surface area contributed by atoms with Crippen LogP contribution in [0.5, 0.6) is 0 Å². The largest absolute Gasteiger partial charge is 0.377 e. The quantitative estimate of drug-likeness (QED) is 0.787. The highest BCUT2D eigenvalue weighted by Crippen LogP contribution is 2.15. The van der Waals surface area contributed by atoms with Gasteiger partial charge < -0.3 is 19.9 Å². The van der Waals surface area contributed by atoms with E-state index in [0.29, 0.717) is 39.1 Å². The molecule has 2 saturated heterocycles. The number of rotatable bonds is 7. The van der Waals surface area contributed by atoms with Crippen molar-refractivity contribution >= 4 is 23.2 Å². The highest BCUT2D eigenvalue weighted by Gasteiger charge is 2.29. The lowest BCUT2D eigenvalue weighted by Crippen LogP contribution is -2.51. The summed E-state index contributed by atoms with van der Waals surface area (Å²) in [5.74, 6) is 0.0830. The summed E-state index contributed by atoms with van der Waals surface area (Å²) in [6.45, 7) is 5.41. The molecular weight excluding hydrogens is 338 g/mol. The van der Waals surface area contributed by atoms with Crippen LogP contribution in [-0.4, -0.2) is 73.6 Å². The van der Waals surface area contributed by atoms with Crippen molar-refractivity contribution in [2.75, 3.05) is 45.9 Å². The maximum atomic E-state index is 12.6. The van der Waals surface area contributed by atoms with Gasteiger partial charge in [-0.25, -0.2) is 0 Å². The number of nitrogens with zero attached hydrogens (tertiary/aromatic N) is 2. The number of hydrogen-bond acceptors (Lipinski definition) is 5. The molecule has 138 valence electrons. The van der Waals surface area contributed by atoms with Crippen LogP contribution >= 0.6 is 11.3 Å². The molecule has 0 saturated carbocycles. The van der Waals surface area contributed by atoms with Crippen LogP contribution < -0.4 is 5.32 Å². The predicted molar refractivity (Wildman–Crippen MR) is 97.6 cm³/mol. The van der Waals surface area contributed by atoms with Crippen molar-refractivity contribution in [3.63, 3.8) is 0 Å². The number of carbonyl (C=O) groups excluding carboxylic acids is 2. The summed E-state index contributed by atoms with van der Waals surface area (Å²) >= 11 is 1.60. The molecule has 1 N–H and O–H groups in total. The van der Waals surface area contributed by atoms with Gasteiger partial charge in [-0.3, -0.25) is 9.59 Å². The number of morpholine rings is 1. The number of carbonyl (C=O) groups is 2. The van der Waals surface area contributed by atoms with Gasteiger partial charge in [0.25, 0.3) is 0 Å². The van der Waals surface area contributed by atoms with E-state index < -0.39 is 0 Å². The average Bonchev–Trinajstić information content (AvgIpc) is 3.29. The van der Waals surface area contributed by atoms with Gasteiger partial charge in [-0.05, 0) is 48.3 Å². The minimum atomic E-state index is -0.160. The Morgan fingerprint density at radius 3 is 2.88 bits per heavy atom. The maximum absolute atomic E-state index is 12.6. The minimum absolute atomic E-state index is 0.00281. The zero-order chi connectivity index (χ0) is 17.5. The second kappa shape index (κ2) is 9.31. The third-order valence-electron chi connectivity index (χ3n) is 4.85. The molecule has 0 aliphatic carbocycles. The van der Waals surface area contributed by atoms with Crippen LogP contribution in [0, 0.1) is 0 Å². The van der Waals surface area contributed by atoms with Gasteiger partial charge in [0.05, 0.1) is 25.7 Å². The van der Waals surface area contributed by atoms with Crippen molar-refractivity contribution in [1.82, 2.24) is 15.1 Å². The van der Waals surface area contributed by atoms with Gasteiger partial charge in [0.2, 0.25) is 11.8 Å². The van der Waals surface area contributed by atoms with Crippen LogP contribution in [0.1, 0.15) is 24.8 Å². The molecule has 0 radical (unpaired) electrons. The van der Waals surface area contributed by atoms with Crippen LogP contribution in [0.2, 0.25) is 0 Å². The van der Waals surface area contributed by atoms with Crippen LogP contribution in [0.3, 0.4) is 0 Å². The first-order chi connectivity index (χ1) is 12.2. The second-order valence-corrected chi connectivity index (χ2v) is 7.51. The third-order valence-corrected chi connectivity index (χ3v) is 5.59. The highest BCUT2D eigenvalue weighted by molar-refractivity contribution is 7.08. The van der Waals surface area contributed by atoms with Crippen LogP contribution in [0.15, 0.2) is 16.8 Å². The average molecular weight is 365 g/mol. The van der Waals surface area contributed by atoms with E-state index in [1.165, 1.54) is 12.8 Å². The SMILES string of the molecule is O=C(C[C@H]1COCCN1C(=O)Cc1ccsc1)NCCN1CCCC1. The highest BCUT2D eigenvalue weighted by atomic mass is 32.1. The van der Waals surface area contributed by atoms with Gasteiger partial charge in [0.15, 0.2) is 0 Å². The molecule has 25 heavy (non-hydrogen) atoms. The van der Waals surface area contributed by atoms with E-state index in [-0.39, 0.29) is 17.9 Å². The minimum Gasteiger partial charge on any atom is -0.377 e. The summed E-state index contributed by atoms with van der Waals surface area (Å²) < 4.78 is 5.50. The summed E-state index contributed by atoms with van der Waals surface area (Å²) in [7, 11) is 0. The molecule has 1 aromatic heterocycles. The molecule has 2 aliphatic rings. The van der Waals surface area contributed by atoms with Crippen molar-refractivity contribution in [3.05, 3.63) is 22.4 Å². The molecular formula is C18H27N3O3S. The van der Waals surface area contributed by atoms with E-state index in [9.17, 15) is 9.59 Å². The molecule has 1 atom stereocenters. The van der Waals surface area contributed by atoms with Crippen molar-refractivity contribution in [3.8, 4) is 0 Å². The fraction of sp³-hybridized carbons (Fsp3) is 0.667. The first-order valence-corrected chi connectivity index (χ1v) is 10.0. The van der Waals surface area contributed by atoms with Gasteiger partial charge in [0.1, 0.15) is 0 Å². The Morgan fingerprint density at radius 2 is 2.12 bits per heavy atom. The molecule has 6 nitrogen and oxygen atoms in total. The lowest BCUT2D eigenvalue weighted by molar-refractivity contribution is -0.141. The zero-order valence-electron chi connectivity index (χ0n) is 14.6. The normalized spacial score (nSPS) is 21.4. The Bertz CT molecular complexity index is 558. The number of ether oxygens (including phenoxy) is 1. The summed E-state index contributed by atoms with van der Waals surface area (Å²) in [6, 6.07) is 1.81. The summed E-state index contributed by atoms with van der Waals surface area (Å²) in [6.07, 6.45) is 3.23. The molecule has 7 heteroatoms. The number of likely N-dealkylation sites (tertiary alicyclic amines) is 1. The molecule has 3 rings (SSSR count). The Labute approximate surface area is 153 Å². The standard InChI is InChI=1S/C18H27N3O3S/c22-17(19-4-7-20-5-1-2-6-20)12-16-13-24-9-8-21(16)18(23)11-15-3-10-25-14-15/h3,10,14,16H,1-2,4-9,11-13H2,(H,19,22)/t16-/m0/s1. The Balaban J connectivity index is 1.44. The molecule has 0 unspecified atom stereocenters. The second-order valence-electron chi connectivity index (χ2n) is 6.73. The van der Waals surface area contributed by atoms with Crippen molar-refractivity contribution in [2.45, 2.75) is 31.7 Å². The van der Waals surface area contributed by atoms with Crippen molar-refractivity contribution in [1.29, 1.82) is 0 Å². The van der Waals surface area contributed by atoms with E-state index in [1.54, 1.807) is 11.3 Å². The van der Waals surface area contributed by atoms with Crippen molar-refractivity contribution in [2.24, 2.45) is 0 Å². The Kier molecular flexibility index (Phi) is 6.84. The topological polar surface area (TPSA) is 61.9 Å². The van der Waals surface area contributed by atoms with E-state index in [1.807, 2.05) is 21.7 Å². The molecule has 0 bridgehead atoms. The van der Waals surface area contributed by atoms with Gasteiger partial charge in [-0.1, -0.05) is 0 Å². The number of amides is 2. The first kappa shape index (κ1) is 18.4. The Hall–Kier alpha value is -1.44. The fourth-order valence-corrected chi connectivity index (χ4v) is 4.14. The van der Waals surface area contributed by atoms with Gasteiger partial charge in [0, 0.05) is 26.1 Å². The van der Waals surface area contributed by atoms with E-state index in [4.69, 9.17) is 4.74 Å². The lowest BCUT2D eigenvalue weighted by atomic mass is 10.1. The van der Waals surface area contributed by atoms with E-state index in [2.05, 4.69) is 10.2 Å². The van der Waals surface area contributed by atoms with Gasteiger partial charge in [-0.15, -0.1) is 0 Å². The molecule has 2 fully saturated rings. The number of hydrogen-bond donors (Lipinski definition) is 1. The first-order valence-electron chi connectivity index (χ1n) is 9.10. The van der Waals surface area contributed by atoms with Crippen LogP contribution in [-0.2, 0) is 20.7 Å². The van der Waals surface area contributed by atoms with E-state index in [0.717, 1.165) is 25.2 Å². The molecule has 3 heterocycles. The summed E-state index contributed by atoms with van der Waals surface area (Å²) in [5.41, 5.74) is 1.04. The smallest absolute Gasteiger partial charge is 0.227 e. The molecule has 2 amide bonds. The number of nitrogens with one attached hydrogen (secondary N) is 1. The monoisotopic (exact) mass is 365 g/mol. The number of thiophene rings is 1.